The minimum absolute atomic E-state index is 0.0232. The van der Waals surface area contributed by atoms with Crippen LogP contribution in [0.25, 0.3) is 0 Å². The number of esters is 1. The van der Waals surface area contributed by atoms with Gasteiger partial charge in [-0.05, 0) is 99.6 Å². The van der Waals surface area contributed by atoms with E-state index in [1.54, 1.807) is 32.1 Å². The lowest BCUT2D eigenvalue weighted by Crippen LogP contribution is -2.64. The number of carbonyl (C=O) groups is 4. The van der Waals surface area contributed by atoms with E-state index in [0.29, 0.717) is 30.4 Å². The van der Waals surface area contributed by atoms with Crippen LogP contribution in [0.15, 0.2) is 48.1 Å². The van der Waals surface area contributed by atoms with E-state index in [9.17, 15) is 24.3 Å². The minimum Gasteiger partial charge on any atom is -0.465 e. The Morgan fingerprint density at radius 1 is 1.06 bits per heavy atom. The van der Waals surface area contributed by atoms with Crippen molar-refractivity contribution < 1.29 is 67.6 Å². The highest BCUT2D eigenvalue weighted by molar-refractivity contribution is 6.01. The number of Topliss-reactive ketones (excluding diaryl/α,β-unsaturated/α-hetero) is 1. The molecule has 1 aliphatic heterocycles. The second-order valence-electron chi connectivity index (χ2n) is 15.9. The molecule has 10 atom stereocenters. The van der Waals surface area contributed by atoms with Gasteiger partial charge >= 0.3 is 12.1 Å². The molecule has 5 aliphatic rings. The first-order chi connectivity index (χ1) is 25.4. The van der Waals surface area contributed by atoms with Crippen molar-refractivity contribution >= 4 is 23.7 Å². The number of nitrogens with zero attached hydrogens (tertiary/aromatic N) is 1. The average molecular weight is 761 g/mol. The lowest BCUT2D eigenvalue weighted by molar-refractivity contribution is -0.492. The second-order valence-corrected chi connectivity index (χ2v) is 15.9. The van der Waals surface area contributed by atoms with Gasteiger partial charge in [0.2, 0.25) is 5.78 Å². The van der Waals surface area contributed by atoms with Gasteiger partial charge in [0, 0.05) is 16.7 Å². The number of carbonyl (C=O) groups excluding carboxylic acids is 4. The average Bonchev–Trinajstić information content (AvgIpc) is 3.51. The molecule has 0 amide bonds. The molecule has 15 nitrogen and oxygen atoms in total. The third kappa shape index (κ3) is 7.38. The standard InChI is InChI=1S/C38H49FN2O13/c1-35(2)53-31-18-25-24-17-27(39)26-16-22(42)11-12-36(26,3)32(24)29(43)19-37(25,4)38(31,54-35)30(44)20-50-34(46)52-23-9-7-21(8-10-23)15-28(40)33(45)49-13-5-6-14-51-41(47)48/h7-12,16,24-25,27-29,31-32,43,47-48H,5-6,13-15,17-20,40H2,1-4H3/t24-,25-,27-,28?,29-,31+,32+,36-,37-,38+/m0/s1. The Labute approximate surface area is 312 Å². The zero-order valence-electron chi connectivity index (χ0n) is 30.8. The molecule has 1 aromatic carbocycles. The molecule has 4 aliphatic carbocycles. The zero-order chi connectivity index (χ0) is 39.2. The number of ether oxygens (including phenoxy) is 5. The van der Waals surface area contributed by atoms with E-state index in [2.05, 4.69) is 4.84 Å². The van der Waals surface area contributed by atoms with Crippen LogP contribution in [0.1, 0.15) is 65.4 Å². The number of aliphatic hydroxyl groups is 1. The summed E-state index contributed by atoms with van der Waals surface area (Å²) in [4.78, 5) is 56.0. The number of halogens is 1. The Morgan fingerprint density at radius 2 is 1.76 bits per heavy atom. The van der Waals surface area contributed by atoms with E-state index < -0.39 is 82.5 Å². The molecule has 0 spiro atoms. The largest absolute Gasteiger partial charge is 0.514 e. The number of benzene rings is 1. The summed E-state index contributed by atoms with van der Waals surface area (Å²) in [6.45, 7) is 6.51. The van der Waals surface area contributed by atoms with Crippen molar-refractivity contribution in [2.75, 3.05) is 19.8 Å². The van der Waals surface area contributed by atoms with E-state index in [4.69, 9.17) is 39.8 Å². The van der Waals surface area contributed by atoms with E-state index >= 15 is 4.39 Å². The summed E-state index contributed by atoms with van der Waals surface area (Å²) in [5.74, 6) is -3.55. The molecule has 1 saturated heterocycles. The predicted octanol–water partition coefficient (Wildman–Crippen LogP) is 3.70. The number of ketones is 2. The minimum atomic E-state index is -1.60. The van der Waals surface area contributed by atoms with Gasteiger partial charge in [0.1, 0.15) is 18.0 Å². The first-order valence-corrected chi connectivity index (χ1v) is 18.3. The molecule has 1 aromatic rings. The van der Waals surface area contributed by atoms with Crippen LogP contribution in [0.2, 0.25) is 0 Å². The first kappa shape index (κ1) is 40.1. The van der Waals surface area contributed by atoms with Gasteiger partial charge in [0.05, 0.1) is 30.8 Å². The Bertz CT molecular complexity index is 1680. The number of rotatable bonds is 13. The Morgan fingerprint density at radius 3 is 2.46 bits per heavy atom. The highest BCUT2D eigenvalue weighted by atomic mass is 19.1. The van der Waals surface area contributed by atoms with Crippen molar-refractivity contribution in [3.05, 3.63) is 53.6 Å². The molecule has 296 valence electrons. The summed E-state index contributed by atoms with van der Waals surface area (Å²) < 4.78 is 44.5. The highest BCUT2D eigenvalue weighted by Gasteiger charge is 2.77. The Kier molecular flexibility index (Phi) is 11.2. The number of hydrogen-bond acceptors (Lipinski definition) is 15. The van der Waals surface area contributed by atoms with Crippen LogP contribution in [0.4, 0.5) is 9.18 Å². The van der Waals surface area contributed by atoms with Gasteiger partial charge in [-0.1, -0.05) is 32.1 Å². The van der Waals surface area contributed by atoms with Gasteiger partial charge in [0.25, 0.3) is 0 Å². The van der Waals surface area contributed by atoms with Crippen molar-refractivity contribution in [2.24, 2.45) is 34.3 Å². The monoisotopic (exact) mass is 760 g/mol. The van der Waals surface area contributed by atoms with Gasteiger partial charge in [-0.15, -0.1) is 0 Å². The maximum absolute atomic E-state index is 15.9. The fourth-order valence-corrected chi connectivity index (χ4v) is 9.95. The second kappa shape index (κ2) is 15.1. The summed E-state index contributed by atoms with van der Waals surface area (Å²) in [5.41, 5.74) is 3.52. The SMILES string of the molecule is CC1(C)O[C@@H]2C[C@H]3[C@@H]4C[C@H](F)C5=CC(=O)C=C[C@]5(C)[C@H]4[C@@H](O)C[C@]3(C)[C@]2(C(=O)COC(=O)Oc2ccc(CC(N)C(=O)OCCCCON(O)O)cc2)O1. The summed E-state index contributed by atoms with van der Waals surface area (Å²) in [6, 6.07) is 5.23. The Hall–Kier alpha value is -3.61. The van der Waals surface area contributed by atoms with Crippen molar-refractivity contribution in [3.8, 4) is 5.75 Å². The van der Waals surface area contributed by atoms with Crippen molar-refractivity contribution in [2.45, 2.75) is 102 Å². The number of unbranched alkanes of at least 4 members (excludes halogenated alkanes) is 1. The van der Waals surface area contributed by atoms with E-state index in [1.165, 1.54) is 24.3 Å². The third-order valence-corrected chi connectivity index (χ3v) is 12.1. The highest BCUT2D eigenvalue weighted by Crippen LogP contribution is 2.70. The van der Waals surface area contributed by atoms with E-state index in [-0.39, 0.29) is 55.8 Å². The number of aliphatic hydroxyl groups excluding tert-OH is 1. The van der Waals surface area contributed by atoms with Gasteiger partial charge in [-0.2, -0.15) is 0 Å². The van der Waals surface area contributed by atoms with Gasteiger partial charge < -0.3 is 34.5 Å². The molecule has 0 aromatic heterocycles. The first-order valence-electron chi connectivity index (χ1n) is 18.3. The quantitative estimate of drug-likeness (QED) is 0.0977. The molecule has 54 heavy (non-hydrogen) atoms. The fourth-order valence-electron chi connectivity index (χ4n) is 9.95. The number of hydrogen-bond donors (Lipinski definition) is 4. The molecule has 0 radical (unpaired) electrons. The molecule has 1 heterocycles. The van der Waals surface area contributed by atoms with Crippen LogP contribution < -0.4 is 10.5 Å². The van der Waals surface area contributed by atoms with Gasteiger partial charge in [-0.25, -0.2) is 9.18 Å². The fraction of sp³-hybridized carbons (Fsp3) is 0.632. The third-order valence-electron chi connectivity index (χ3n) is 12.1. The summed E-state index contributed by atoms with van der Waals surface area (Å²) in [6.07, 6.45) is 1.81. The smallest absolute Gasteiger partial charge is 0.465 e. The number of fused-ring (bicyclic) bond motifs is 7. The number of alkyl halides is 1. The molecule has 6 rings (SSSR count). The van der Waals surface area contributed by atoms with Crippen LogP contribution in [-0.2, 0) is 44.6 Å². The van der Waals surface area contributed by atoms with Crippen molar-refractivity contribution in [1.82, 2.24) is 5.39 Å². The molecule has 0 bridgehead atoms. The molecule has 1 unspecified atom stereocenters. The molecule has 16 heteroatoms. The topological polar surface area (TPSA) is 214 Å². The summed E-state index contributed by atoms with van der Waals surface area (Å²) in [7, 11) is 0. The molecular formula is C38H49FN2O13. The van der Waals surface area contributed by atoms with Crippen LogP contribution in [-0.4, -0.2) is 100 Å². The molecule has 3 saturated carbocycles. The number of nitrogens with two attached hydrogens (primary N) is 1. The van der Waals surface area contributed by atoms with Gasteiger partial charge in [-0.3, -0.25) is 29.6 Å². The normalized spacial score (nSPS) is 35.3. The van der Waals surface area contributed by atoms with E-state index in [0.717, 1.165) is 0 Å². The molecule has 5 N–H and O–H groups in total. The van der Waals surface area contributed by atoms with Crippen LogP contribution >= 0.6 is 0 Å². The number of allylic oxidation sites excluding steroid dienone is 4. The molecule has 4 fully saturated rings. The van der Waals surface area contributed by atoms with Crippen LogP contribution in [0.5, 0.6) is 5.75 Å². The van der Waals surface area contributed by atoms with Crippen LogP contribution in [0, 0.1) is 28.6 Å². The van der Waals surface area contributed by atoms with E-state index in [1.807, 2.05) is 13.8 Å². The zero-order valence-corrected chi connectivity index (χ0v) is 30.8. The maximum atomic E-state index is 15.9. The predicted molar refractivity (Wildman–Crippen MR) is 183 cm³/mol. The van der Waals surface area contributed by atoms with Crippen molar-refractivity contribution in [3.63, 3.8) is 0 Å². The van der Waals surface area contributed by atoms with Crippen molar-refractivity contribution in [1.29, 1.82) is 0 Å². The van der Waals surface area contributed by atoms with Gasteiger partial charge in [0.15, 0.2) is 23.8 Å². The molecular weight excluding hydrogens is 711 g/mol. The maximum Gasteiger partial charge on any atom is 0.514 e. The summed E-state index contributed by atoms with van der Waals surface area (Å²) >= 11 is 0. The lowest BCUT2D eigenvalue weighted by atomic mass is 9.46. The van der Waals surface area contributed by atoms with Crippen LogP contribution in [0.3, 0.4) is 0 Å². The summed E-state index contributed by atoms with van der Waals surface area (Å²) in [5, 5.41) is 28.4. The Balaban J connectivity index is 1.07. The lowest BCUT2D eigenvalue weighted by Gasteiger charge is -2.60.